The smallest absolute Gasteiger partial charge is 0.0592 e. The highest BCUT2D eigenvalue weighted by Crippen LogP contribution is 2.55. The van der Waals surface area contributed by atoms with Crippen molar-refractivity contribution in [1.29, 1.82) is 0 Å². The average molecular weight is 818 g/mol. The van der Waals surface area contributed by atoms with Crippen LogP contribution in [0, 0.1) is 23.7 Å². The number of nitrogens with zero attached hydrogens (tertiary/aromatic N) is 1. The van der Waals surface area contributed by atoms with Crippen LogP contribution in [0.4, 0.5) is 11.4 Å². The number of benzene rings is 5. The largest absolute Gasteiger partial charge is 0.333 e. The Morgan fingerprint density at radius 1 is 0.651 bits per heavy atom. The maximum atomic E-state index is 2.65. The van der Waals surface area contributed by atoms with Gasteiger partial charge in [0.25, 0.3) is 0 Å². The summed E-state index contributed by atoms with van der Waals surface area (Å²) in [6, 6.07) is 40.5. The van der Waals surface area contributed by atoms with E-state index in [4.69, 9.17) is 0 Å². The van der Waals surface area contributed by atoms with Gasteiger partial charge in [-0.1, -0.05) is 190 Å². The van der Waals surface area contributed by atoms with Gasteiger partial charge in [0.15, 0.2) is 0 Å². The van der Waals surface area contributed by atoms with Crippen LogP contribution >= 0.6 is 0 Å². The third-order valence-electron chi connectivity index (χ3n) is 16.6. The molecule has 0 spiro atoms. The molecule has 1 heterocycles. The highest BCUT2D eigenvalue weighted by molar-refractivity contribution is 5.93. The van der Waals surface area contributed by atoms with Gasteiger partial charge in [-0.2, -0.15) is 0 Å². The second kappa shape index (κ2) is 15.4. The first-order valence-electron chi connectivity index (χ1n) is 24.0. The highest BCUT2D eigenvalue weighted by atomic mass is 15.2. The Bertz CT molecular complexity index is 2880. The van der Waals surface area contributed by atoms with Crippen molar-refractivity contribution < 1.29 is 0 Å². The molecule has 63 heavy (non-hydrogen) atoms. The van der Waals surface area contributed by atoms with Crippen molar-refractivity contribution in [2.45, 2.75) is 88.5 Å². The minimum absolute atomic E-state index is 0.0935. The summed E-state index contributed by atoms with van der Waals surface area (Å²) in [6.45, 7) is 7.44. The number of hydrogen-bond donors (Lipinski definition) is 0. The molecule has 5 aromatic rings. The van der Waals surface area contributed by atoms with Gasteiger partial charge < -0.3 is 4.90 Å². The van der Waals surface area contributed by atoms with Crippen LogP contribution in [-0.2, 0) is 5.41 Å². The fourth-order valence-corrected chi connectivity index (χ4v) is 13.2. The predicted octanol–water partition coefficient (Wildman–Crippen LogP) is 16.2. The lowest BCUT2D eigenvalue weighted by Gasteiger charge is -2.36. The Morgan fingerprint density at radius 3 is 2.30 bits per heavy atom. The molecule has 8 atom stereocenters. The highest BCUT2D eigenvalue weighted by Gasteiger charge is 2.44. The maximum Gasteiger partial charge on any atom is 0.0592 e. The van der Waals surface area contributed by atoms with E-state index in [9.17, 15) is 0 Å². The maximum absolute atomic E-state index is 2.65. The summed E-state index contributed by atoms with van der Waals surface area (Å²) in [5, 5.41) is 2.65. The van der Waals surface area contributed by atoms with Gasteiger partial charge in [0.2, 0.25) is 0 Å². The number of fused-ring (bicyclic) bond motifs is 8. The number of allylic oxidation sites excluding steroid dienone is 15. The van der Waals surface area contributed by atoms with Gasteiger partial charge >= 0.3 is 0 Å². The second-order valence-corrected chi connectivity index (χ2v) is 20.2. The first kappa shape index (κ1) is 38.7. The van der Waals surface area contributed by atoms with E-state index in [1.54, 1.807) is 5.57 Å². The van der Waals surface area contributed by atoms with Crippen LogP contribution in [0.1, 0.15) is 105 Å². The molecule has 6 aliphatic carbocycles. The third kappa shape index (κ3) is 6.40. The van der Waals surface area contributed by atoms with Crippen LogP contribution in [0.2, 0.25) is 0 Å². The van der Waals surface area contributed by atoms with Gasteiger partial charge in [0, 0.05) is 34.7 Å². The van der Waals surface area contributed by atoms with Crippen molar-refractivity contribution in [2.24, 2.45) is 23.7 Å². The zero-order chi connectivity index (χ0) is 42.2. The van der Waals surface area contributed by atoms with Crippen molar-refractivity contribution in [2.75, 3.05) is 4.90 Å². The monoisotopic (exact) mass is 817 g/mol. The van der Waals surface area contributed by atoms with E-state index in [2.05, 4.69) is 208 Å². The SMILES string of the molecule is CC(c1ccc(-c2ccccc2N2c3cc4ccccc4cc3C3CCC=CC32)cc1)[C@H](C1=CCC(C2CC=CC3CC=CC=C32)C=C1)c1ccc2c(c1)C(C)(C)C1CC=CC=C21. The second-order valence-electron chi connectivity index (χ2n) is 20.2. The van der Waals surface area contributed by atoms with Gasteiger partial charge in [-0.15, -0.1) is 0 Å². The first-order chi connectivity index (χ1) is 30.9. The van der Waals surface area contributed by atoms with Crippen LogP contribution < -0.4 is 4.90 Å². The predicted molar refractivity (Wildman–Crippen MR) is 267 cm³/mol. The molecule has 0 radical (unpaired) electrons. The van der Waals surface area contributed by atoms with Gasteiger partial charge in [0.05, 0.1) is 6.04 Å². The number of rotatable bonds is 7. The molecule has 0 saturated carbocycles. The zero-order valence-electron chi connectivity index (χ0n) is 37.1. The van der Waals surface area contributed by atoms with Crippen molar-refractivity contribution in [3.63, 3.8) is 0 Å². The van der Waals surface area contributed by atoms with Crippen molar-refractivity contribution >= 4 is 27.7 Å². The van der Waals surface area contributed by atoms with Crippen molar-refractivity contribution in [3.8, 4) is 11.1 Å². The van der Waals surface area contributed by atoms with Crippen LogP contribution in [0.5, 0.6) is 0 Å². The molecule has 0 saturated heterocycles. The van der Waals surface area contributed by atoms with Gasteiger partial charge in [-0.25, -0.2) is 0 Å². The molecule has 7 aliphatic rings. The van der Waals surface area contributed by atoms with E-state index in [-0.39, 0.29) is 17.3 Å². The van der Waals surface area contributed by atoms with Crippen LogP contribution in [-0.4, -0.2) is 6.04 Å². The molecule has 0 bridgehead atoms. The summed E-state index contributed by atoms with van der Waals surface area (Å²) in [7, 11) is 0. The summed E-state index contributed by atoms with van der Waals surface area (Å²) in [5.74, 6) is 3.28. The van der Waals surface area contributed by atoms with Crippen LogP contribution in [0.3, 0.4) is 0 Å². The van der Waals surface area contributed by atoms with Gasteiger partial charge in [-0.3, -0.25) is 0 Å². The quantitative estimate of drug-likeness (QED) is 0.148. The van der Waals surface area contributed by atoms with E-state index < -0.39 is 0 Å². The molecule has 0 N–H and O–H groups in total. The topological polar surface area (TPSA) is 3.24 Å². The van der Waals surface area contributed by atoms with Gasteiger partial charge in [-0.05, 0) is 141 Å². The fourth-order valence-electron chi connectivity index (χ4n) is 13.2. The minimum atomic E-state index is 0.0935. The first-order valence-corrected chi connectivity index (χ1v) is 24.0. The van der Waals surface area contributed by atoms with Crippen molar-refractivity contribution in [3.05, 3.63) is 221 Å². The molecular formula is C62H59N. The Morgan fingerprint density at radius 2 is 1.44 bits per heavy atom. The normalized spacial score (nSPS) is 26.8. The number of hydrogen-bond acceptors (Lipinski definition) is 1. The lowest BCUT2D eigenvalue weighted by atomic mass is 9.68. The lowest BCUT2D eigenvalue weighted by Crippen LogP contribution is -2.30. The summed E-state index contributed by atoms with van der Waals surface area (Å²) >= 11 is 0. The van der Waals surface area contributed by atoms with Crippen molar-refractivity contribution in [1.82, 2.24) is 0 Å². The Balaban J connectivity index is 0.898. The fraction of sp³-hybridized carbons (Fsp3) is 0.290. The third-order valence-corrected chi connectivity index (χ3v) is 16.6. The summed E-state index contributed by atoms with van der Waals surface area (Å²) in [4.78, 5) is 2.65. The molecule has 7 unspecified atom stereocenters. The molecule has 5 aromatic carbocycles. The molecule has 0 amide bonds. The number of para-hydroxylation sites is 1. The van der Waals surface area contributed by atoms with E-state index in [1.165, 1.54) is 78.7 Å². The Hall–Kier alpha value is -5.92. The van der Waals surface area contributed by atoms with Crippen LogP contribution in [0.15, 0.2) is 193 Å². The molecule has 12 rings (SSSR count). The molecule has 0 fully saturated rings. The summed E-state index contributed by atoms with van der Waals surface area (Å²) < 4.78 is 0. The molecule has 1 nitrogen and oxygen atoms in total. The molecule has 312 valence electrons. The molecule has 0 aromatic heterocycles. The van der Waals surface area contributed by atoms with E-state index in [0.717, 1.165) is 32.1 Å². The molecule has 1 heteroatoms. The Kier molecular flexibility index (Phi) is 9.47. The zero-order valence-corrected chi connectivity index (χ0v) is 37.1. The number of anilines is 2. The van der Waals surface area contributed by atoms with E-state index in [0.29, 0.717) is 35.6 Å². The summed E-state index contributed by atoms with van der Waals surface area (Å²) in [5.41, 5.74) is 17.3. The standard InChI is InChI=1S/C62H59N/c1-40(41-27-29-44(30-28-41)51-20-9-12-25-58(51)63-59-26-13-10-22-54(59)55-37-46-16-4-5-17-47(46)39-60(55)63)61(48-35-36-53-52-21-8-11-24-56(52)62(2,3)57(53)38-48)45-33-31-43(32-34-45)50-23-14-18-42-15-6-7-19-49(42)50/h4-9,11-14,16-21,25-31,33-40,42-43,50,54,56,59,61H,10,15,22-24,32H2,1-3H3/t40?,42?,43?,50?,54?,56?,59?,61-/m1/s1. The lowest BCUT2D eigenvalue weighted by molar-refractivity contribution is 0.409. The van der Waals surface area contributed by atoms with E-state index >= 15 is 0 Å². The van der Waals surface area contributed by atoms with Gasteiger partial charge in [0.1, 0.15) is 0 Å². The van der Waals surface area contributed by atoms with Crippen LogP contribution in [0.25, 0.3) is 27.5 Å². The Labute approximate surface area is 375 Å². The van der Waals surface area contributed by atoms with E-state index in [1.807, 2.05) is 0 Å². The summed E-state index contributed by atoms with van der Waals surface area (Å²) in [6.07, 6.45) is 38.4. The minimum Gasteiger partial charge on any atom is -0.333 e. The average Bonchev–Trinajstić information content (AvgIpc) is 3.78. The molecular weight excluding hydrogens is 759 g/mol. The molecule has 1 aliphatic heterocycles.